The number of hydrogen-bond acceptors (Lipinski definition) is 3. The number of ketones is 1. The van der Waals surface area contributed by atoms with Crippen LogP contribution in [0.15, 0.2) is 42.5 Å². The second-order valence-corrected chi connectivity index (χ2v) is 8.40. The van der Waals surface area contributed by atoms with Gasteiger partial charge >= 0.3 is 0 Å². The van der Waals surface area contributed by atoms with Gasteiger partial charge in [0, 0.05) is 35.2 Å². The van der Waals surface area contributed by atoms with E-state index >= 15 is 0 Å². The number of amides is 1. The summed E-state index contributed by atoms with van der Waals surface area (Å²) in [5.74, 6) is 1.13. The fourth-order valence-electron chi connectivity index (χ4n) is 4.32. The zero-order valence-electron chi connectivity index (χ0n) is 16.7. The summed E-state index contributed by atoms with van der Waals surface area (Å²) in [6, 6.07) is 13.9. The van der Waals surface area contributed by atoms with E-state index < -0.39 is 0 Å². The maximum Gasteiger partial charge on any atom is 0.227 e. The van der Waals surface area contributed by atoms with Crippen LogP contribution in [0.4, 0.5) is 5.69 Å². The molecule has 0 unspecified atom stereocenters. The fraction of sp³-hybridized carbons (Fsp3) is 0.417. The molecule has 1 aliphatic heterocycles. The van der Waals surface area contributed by atoms with Crippen LogP contribution in [-0.4, -0.2) is 24.8 Å². The molecule has 0 radical (unpaired) electrons. The Morgan fingerprint density at radius 3 is 2.82 bits per heavy atom. The van der Waals surface area contributed by atoms with E-state index in [0.717, 1.165) is 42.0 Å². The number of ether oxygens (including phenoxy) is 1. The van der Waals surface area contributed by atoms with Gasteiger partial charge in [-0.2, -0.15) is 0 Å². The van der Waals surface area contributed by atoms with E-state index in [0.29, 0.717) is 25.9 Å². The standard InChI is InChI=1S/C24H27NO3/c1-24(2)16-19-18(23(24)27)10-5-12-21(19)28-15-7-13-22(26)25-14-6-9-17-8-3-4-11-20(17)25/h3-5,8,10-12H,6-7,9,13-16H2,1-2H3. The lowest BCUT2D eigenvalue weighted by Gasteiger charge is -2.29. The van der Waals surface area contributed by atoms with Crippen LogP contribution >= 0.6 is 0 Å². The van der Waals surface area contributed by atoms with Gasteiger partial charge in [-0.1, -0.05) is 44.2 Å². The molecule has 2 aliphatic rings. The number of rotatable bonds is 5. The number of carbonyl (C=O) groups is 2. The SMILES string of the molecule is CC1(C)Cc2c(OCCCC(=O)N3CCCc4ccccc43)cccc2C1=O. The summed E-state index contributed by atoms with van der Waals surface area (Å²) in [5, 5.41) is 0. The number of carbonyl (C=O) groups excluding carboxylic acids is 2. The second-order valence-electron chi connectivity index (χ2n) is 8.40. The number of fused-ring (bicyclic) bond motifs is 2. The van der Waals surface area contributed by atoms with E-state index in [1.165, 1.54) is 5.56 Å². The monoisotopic (exact) mass is 377 g/mol. The topological polar surface area (TPSA) is 46.6 Å². The molecule has 1 amide bonds. The van der Waals surface area contributed by atoms with Crippen LogP contribution in [-0.2, 0) is 17.6 Å². The summed E-state index contributed by atoms with van der Waals surface area (Å²) in [6.45, 7) is 5.23. The van der Waals surface area contributed by atoms with E-state index in [1.807, 2.05) is 55.1 Å². The number of nitrogens with zero attached hydrogens (tertiary/aromatic N) is 1. The van der Waals surface area contributed by atoms with Crippen molar-refractivity contribution in [2.45, 2.75) is 46.0 Å². The molecule has 0 saturated carbocycles. The van der Waals surface area contributed by atoms with Crippen molar-refractivity contribution in [3.63, 3.8) is 0 Å². The number of para-hydroxylation sites is 1. The summed E-state index contributed by atoms with van der Waals surface area (Å²) < 4.78 is 5.97. The molecule has 0 N–H and O–H groups in total. The highest BCUT2D eigenvalue weighted by atomic mass is 16.5. The Hall–Kier alpha value is -2.62. The minimum Gasteiger partial charge on any atom is -0.493 e. The largest absolute Gasteiger partial charge is 0.493 e. The van der Waals surface area contributed by atoms with Crippen molar-refractivity contribution in [3.8, 4) is 5.75 Å². The molecule has 4 nitrogen and oxygen atoms in total. The number of aryl methyl sites for hydroxylation is 1. The van der Waals surface area contributed by atoms with Crippen molar-refractivity contribution in [3.05, 3.63) is 59.2 Å². The molecule has 146 valence electrons. The predicted molar refractivity (Wildman–Crippen MR) is 110 cm³/mol. The highest BCUT2D eigenvalue weighted by molar-refractivity contribution is 6.05. The summed E-state index contributed by atoms with van der Waals surface area (Å²) >= 11 is 0. The number of benzene rings is 2. The van der Waals surface area contributed by atoms with Gasteiger partial charge in [-0.05, 0) is 43.4 Å². The van der Waals surface area contributed by atoms with Crippen LogP contribution in [0.2, 0.25) is 0 Å². The molecule has 4 rings (SSSR count). The molecular formula is C24H27NO3. The van der Waals surface area contributed by atoms with Gasteiger partial charge in [-0.15, -0.1) is 0 Å². The van der Waals surface area contributed by atoms with Crippen molar-refractivity contribution < 1.29 is 14.3 Å². The van der Waals surface area contributed by atoms with Crippen molar-refractivity contribution in [2.24, 2.45) is 5.41 Å². The van der Waals surface area contributed by atoms with E-state index in [-0.39, 0.29) is 17.1 Å². The van der Waals surface area contributed by atoms with E-state index in [1.54, 1.807) is 0 Å². The molecule has 0 spiro atoms. The third-order valence-electron chi connectivity index (χ3n) is 5.81. The average Bonchev–Trinajstić information content (AvgIpc) is 2.94. The lowest BCUT2D eigenvalue weighted by atomic mass is 9.89. The maximum atomic E-state index is 12.7. The lowest BCUT2D eigenvalue weighted by Crippen LogP contribution is -2.35. The molecule has 4 heteroatoms. The summed E-state index contributed by atoms with van der Waals surface area (Å²) in [5.41, 5.74) is 3.74. The Bertz CT molecular complexity index is 916. The normalized spacial score (nSPS) is 17.2. The molecular weight excluding hydrogens is 350 g/mol. The molecule has 0 fully saturated rings. The van der Waals surface area contributed by atoms with Gasteiger partial charge in [0.05, 0.1) is 6.61 Å². The summed E-state index contributed by atoms with van der Waals surface area (Å²) in [6.07, 6.45) is 3.89. The third kappa shape index (κ3) is 3.44. The van der Waals surface area contributed by atoms with Crippen LogP contribution in [0.1, 0.15) is 54.6 Å². The van der Waals surface area contributed by atoms with Gasteiger partial charge in [0.2, 0.25) is 5.91 Å². The van der Waals surface area contributed by atoms with Gasteiger partial charge in [-0.3, -0.25) is 9.59 Å². The first kappa shape index (κ1) is 18.7. The van der Waals surface area contributed by atoms with E-state index in [9.17, 15) is 9.59 Å². The number of anilines is 1. The van der Waals surface area contributed by atoms with E-state index in [2.05, 4.69) is 6.07 Å². The molecule has 0 bridgehead atoms. The van der Waals surface area contributed by atoms with Crippen LogP contribution in [0.3, 0.4) is 0 Å². The van der Waals surface area contributed by atoms with Crippen LogP contribution in [0.5, 0.6) is 5.75 Å². The van der Waals surface area contributed by atoms with Crippen molar-refractivity contribution >= 4 is 17.4 Å². The number of hydrogen-bond donors (Lipinski definition) is 0. The zero-order valence-corrected chi connectivity index (χ0v) is 16.7. The quantitative estimate of drug-likeness (QED) is 0.716. The van der Waals surface area contributed by atoms with Crippen molar-refractivity contribution in [2.75, 3.05) is 18.1 Å². The van der Waals surface area contributed by atoms with Gasteiger partial charge in [0.25, 0.3) is 0 Å². The molecule has 0 saturated heterocycles. The molecule has 1 heterocycles. The molecule has 28 heavy (non-hydrogen) atoms. The molecule has 2 aromatic rings. The smallest absolute Gasteiger partial charge is 0.227 e. The Kier molecular flexibility index (Phi) is 4.96. The highest BCUT2D eigenvalue weighted by Crippen LogP contribution is 2.40. The molecule has 0 atom stereocenters. The molecule has 0 aromatic heterocycles. The molecule has 1 aliphatic carbocycles. The first-order chi connectivity index (χ1) is 13.5. The first-order valence-corrected chi connectivity index (χ1v) is 10.2. The summed E-state index contributed by atoms with van der Waals surface area (Å²) in [7, 11) is 0. The van der Waals surface area contributed by atoms with Crippen LogP contribution in [0, 0.1) is 5.41 Å². The summed E-state index contributed by atoms with van der Waals surface area (Å²) in [4.78, 5) is 27.1. The Balaban J connectivity index is 1.34. The Morgan fingerprint density at radius 1 is 1.14 bits per heavy atom. The Labute approximate surface area is 166 Å². The van der Waals surface area contributed by atoms with Crippen LogP contribution in [0.25, 0.3) is 0 Å². The van der Waals surface area contributed by atoms with E-state index in [4.69, 9.17) is 4.74 Å². The molecule has 2 aromatic carbocycles. The lowest BCUT2D eigenvalue weighted by molar-refractivity contribution is -0.118. The van der Waals surface area contributed by atoms with Crippen molar-refractivity contribution in [1.29, 1.82) is 0 Å². The Morgan fingerprint density at radius 2 is 1.96 bits per heavy atom. The van der Waals surface area contributed by atoms with Gasteiger partial charge in [0.1, 0.15) is 5.75 Å². The minimum absolute atomic E-state index is 0.158. The minimum atomic E-state index is -0.362. The zero-order chi connectivity index (χ0) is 19.7. The predicted octanol–water partition coefficient (Wildman–Crippen LogP) is 4.59. The third-order valence-corrected chi connectivity index (χ3v) is 5.81. The average molecular weight is 377 g/mol. The van der Waals surface area contributed by atoms with Gasteiger partial charge in [-0.25, -0.2) is 0 Å². The van der Waals surface area contributed by atoms with Crippen molar-refractivity contribution in [1.82, 2.24) is 0 Å². The van der Waals surface area contributed by atoms with Crippen LogP contribution < -0.4 is 9.64 Å². The van der Waals surface area contributed by atoms with Gasteiger partial charge < -0.3 is 9.64 Å². The first-order valence-electron chi connectivity index (χ1n) is 10.2. The second kappa shape index (κ2) is 7.42. The maximum absolute atomic E-state index is 12.7. The fourth-order valence-corrected chi connectivity index (χ4v) is 4.32. The van der Waals surface area contributed by atoms with Gasteiger partial charge in [0.15, 0.2) is 5.78 Å². The highest BCUT2D eigenvalue weighted by Gasteiger charge is 2.39. The number of Topliss-reactive ketones (excluding diaryl/α,β-unsaturated/α-hetero) is 1.